The Kier molecular flexibility index (Phi) is 4.53. The lowest BCUT2D eigenvalue weighted by Crippen LogP contribution is -2.31. The number of nitrogens with zero attached hydrogens (tertiary/aromatic N) is 1. The second-order valence-electron chi connectivity index (χ2n) is 6.21. The minimum absolute atomic E-state index is 0.0971. The third-order valence-electron chi connectivity index (χ3n) is 4.03. The Morgan fingerprint density at radius 1 is 1.22 bits per heavy atom. The number of fused-ring (bicyclic) bond motifs is 1. The first kappa shape index (κ1) is 15.8. The Morgan fingerprint density at radius 2 is 2.00 bits per heavy atom. The summed E-state index contributed by atoms with van der Waals surface area (Å²) in [6.45, 7) is 3.99. The summed E-state index contributed by atoms with van der Waals surface area (Å²) >= 11 is 1.72. The van der Waals surface area contributed by atoms with Crippen LogP contribution in [0, 0.1) is 0 Å². The molecule has 0 saturated carbocycles. The molecule has 0 aliphatic carbocycles. The third-order valence-corrected chi connectivity index (χ3v) is 5.01. The summed E-state index contributed by atoms with van der Waals surface area (Å²) in [5, 5.41) is 6.32. The topological polar surface area (TPSA) is 34.0 Å². The molecule has 1 N–H and O–H groups in total. The van der Waals surface area contributed by atoms with Crippen molar-refractivity contribution in [2.24, 2.45) is 7.05 Å². The second-order valence-corrected chi connectivity index (χ2v) is 7.19. The van der Waals surface area contributed by atoms with E-state index in [9.17, 15) is 4.79 Å². The average Bonchev–Trinajstić information content (AvgIpc) is 3.13. The quantitative estimate of drug-likeness (QED) is 0.746. The number of nitrogens with one attached hydrogen (secondary N) is 1. The van der Waals surface area contributed by atoms with Crippen LogP contribution < -0.4 is 5.32 Å². The molecule has 0 fully saturated rings. The summed E-state index contributed by atoms with van der Waals surface area (Å²) in [6, 6.07) is 12.7. The average molecular weight is 326 g/mol. The normalized spacial score (nSPS) is 12.7. The van der Waals surface area contributed by atoms with Gasteiger partial charge in [0.2, 0.25) is 5.91 Å². The van der Waals surface area contributed by atoms with Crippen LogP contribution in [0.1, 0.15) is 36.6 Å². The molecule has 2 aromatic heterocycles. The fourth-order valence-corrected chi connectivity index (χ4v) is 3.92. The van der Waals surface area contributed by atoms with Crippen LogP contribution in [0.4, 0.5) is 0 Å². The van der Waals surface area contributed by atoms with Gasteiger partial charge < -0.3 is 9.88 Å². The lowest BCUT2D eigenvalue weighted by atomic mass is 9.93. The molecule has 3 nitrogen and oxygen atoms in total. The number of hydrogen-bond donors (Lipinski definition) is 1. The molecule has 2 heterocycles. The van der Waals surface area contributed by atoms with Gasteiger partial charge in [0.1, 0.15) is 0 Å². The predicted molar refractivity (Wildman–Crippen MR) is 97.0 cm³/mol. The van der Waals surface area contributed by atoms with Gasteiger partial charge in [-0.15, -0.1) is 11.3 Å². The number of amides is 1. The van der Waals surface area contributed by atoms with E-state index in [1.165, 1.54) is 21.3 Å². The monoisotopic (exact) mass is 326 g/mol. The van der Waals surface area contributed by atoms with Crippen LogP contribution >= 0.6 is 11.3 Å². The lowest BCUT2D eigenvalue weighted by Gasteiger charge is -2.16. The first-order valence-corrected chi connectivity index (χ1v) is 8.81. The fourth-order valence-electron chi connectivity index (χ4n) is 3.07. The van der Waals surface area contributed by atoms with Crippen molar-refractivity contribution in [3.05, 3.63) is 58.4 Å². The zero-order valence-corrected chi connectivity index (χ0v) is 14.6. The number of thiophene rings is 1. The summed E-state index contributed by atoms with van der Waals surface area (Å²) in [5.74, 6) is 0.200. The van der Waals surface area contributed by atoms with Gasteiger partial charge in [0, 0.05) is 47.4 Å². The summed E-state index contributed by atoms with van der Waals surface area (Å²) in [6.07, 6.45) is 2.64. The van der Waals surface area contributed by atoms with E-state index in [0.717, 1.165) is 0 Å². The minimum Gasteiger partial charge on any atom is -0.354 e. The van der Waals surface area contributed by atoms with Gasteiger partial charge in [0.25, 0.3) is 0 Å². The number of aromatic nitrogens is 1. The van der Waals surface area contributed by atoms with E-state index < -0.39 is 0 Å². The molecule has 120 valence electrons. The molecule has 0 radical (unpaired) electrons. The van der Waals surface area contributed by atoms with Crippen molar-refractivity contribution in [2.45, 2.75) is 32.2 Å². The number of carbonyl (C=O) groups is 1. The van der Waals surface area contributed by atoms with Crippen molar-refractivity contribution in [1.29, 1.82) is 0 Å². The van der Waals surface area contributed by atoms with E-state index in [2.05, 4.69) is 64.9 Å². The highest BCUT2D eigenvalue weighted by Gasteiger charge is 2.23. The van der Waals surface area contributed by atoms with E-state index in [0.29, 0.717) is 6.42 Å². The van der Waals surface area contributed by atoms with Crippen molar-refractivity contribution >= 4 is 28.1 Å². The highest BCUT2D eigenvalue weighted by Crippen LogP contribution is 2.36. The van der Waals surface area contributed by atoms with Gasteiger partial charge >= 0.3 is 0 Å². The maximum absolute atomic E-state index is 12.4. The van der Waals surface area contributed by atoms with Crippen LogP contribution in [0.3, 0.4) is 0 Å². The minimum atomic E-state index is 0.0971. The summed E-state index contributed by atoms with van der Waals surface area (Å²) in [5.41, 5.74) is 2.43. The van der Waals surface area contributed by atoms with E-state index in [-0.39, 0.29) is 17.9 Å². The van der Waals surface area contributed by atoms with Crippen LogP contribution in [0.15, 0.2) is 48.0 Å². The first-order chi connectivity index (χ1) is 11.1. The van der Waals surface area contributed by atoms with Gasteiger partial charge in [-0.3, -0.25) is 4.79 Å². The fraction of sp³-hybridized carbons (Fsp3) is 0.316. The Labute approximate surface area is 140 Å². The van der Waals surface area contributed by atoms with Crippen LogP contribution in [-0.4, -0.2) is 16.5 Å². The maximum atomic E-state index is 12.4. The molecule has 1 amide bonds. The lowest BCUT2D eigenvalue weighted by molar-refractivity contribution is -0.121. The van der Waals surface area contributed by atoms with Crippen LogP contribution in [0.5, 0.6) is 0 Å². The first-order valence-electron chi connectivity index (χ1n) is 7.93. The summed E-state index contributed by atoms with van der Waals surface area (Å²) < 4.78 is 2.14. The van der Waals surface area contributed by atoms with Crippen molar-refractivity contribution in [2.75, 3.05) is 0 Å². The van der Waals surface area contributed by atoms with E-state index in [4.69, 9.17) is 0 Å². The Hall–Kier alpha value is -2.07. The maximum Gasteiger partial charge on any atom is 0.221 e. The van der Waals surface area contributed by atoms with Crippen LogP contribution in [0.2, 0.25) is 0 Å². The summed E-state index contributed by atoms with van der Waals surface area (Å²) in [7, 11) is 2.06. The van der Waals surface area contributed by atoms with Gasteiger partial charge in [0.15, 0.2) is 0 Å². The highest BCUT2D eigenvalue weighted by atomic mass is 32.1. The standard InChI is InChI=1S/C19H22N2OS/c1-13(2)20-19(22)11-15(18-9-6-10-23-18)16-12-21(3)17-8-5-4-7-14(16)17/h4-10,12-13,15H,11H2,1-3H3,(H,20,22). The Morgan fingerprint density at radius 3 is 2.70 bits per heavy atom. The Balaban J connectivity index is 2.02. The highest BCUT2D eigenvalue weighted by molar-refractivity contribution is 7.10. The van der Waals surface area contributed by atoms with Crippen LogP contribution in [-0.2, 0) is 11.8 Å². The molecular formula is C19H22N2OS. The number of aryl methyl sites for hydroxylation is 1. The van der Waals surface area contributed by atoms with Crippen molar-refractivity contribution in [3.8, 4) is 0 Å². The molecule has 0 bridgehead atoms. The zero-order chi connectivity index (χ0) is 16.4. The SMILES string of the molecule is CC(C)NC(=O)CC(c1cccs1)c1cn(C)c2ccccc12. The number of para-hydroxylation sites is 1. The van der Waals surface area contributed by atoms with Crippen LogP contribution in [0.25, 0.3) is 10.9 Å². The van der Waals surface area contributed by atoms with Gasteiger partial charge in [-0.2, -0.15) is 0 Å². The van der Waals surface area contributed by atoms with Gasteiger partial charge in [-0.05, 0) is 36.9 Å². The van der Waals surface area contributed by atoms with Gasteiger partial charge in [-0.1, -0.05) is 24.3 Å². The molecule has 0 spiro atoms. The molecule has 3 aromatic rings. The second kappa shape index (κ2) is 6.59. The molecule has 3 rings (SSSR count). The van der Waals surface area contributed by atoms with E-state index in [1.54, 1.807) is 11.3 Å². The Bertz CT molecular complexity index is 802. The van der Waals surface area contributed by atoms with Gasteiger partial charge in [0.05, 0.1) is 0 Å². The zero-order valence-electron chi connectivity index (χ0n) is 13.7. The molecule has 23 heavy (non-hydrogen) atoms. The van der Waals surface area contributed by atoms with E-state index >= 15 is 0 Å². The third kappa shape index (κ3) is 3.32. The van der Waals surface area contributed by atoms with Gasteiger partial charge in [-0.25, -0.2) is 0 Å². The number of benzene rings is 1. The molecule has 1 atom stereocenters. The van der Waals surface area contributed by atoms with Crippen molar-refractivity contribution in [1.82, 2.24) is 9.88 Å². The largest absolute Gasteiger partial charge is 0.354 e. The molecule has 1 aromatic carbocycles. The van der Waals surface area contributed by atoms with E-state index in [1.807, 2.05) is 13.8 Å². The number of carbonyl (C=O) groups excluding carboxylic acids is 1. The molecule has 0 saturated heterocycles. The summed E-state index contributed by atoms with van der Waals surface area (Å²) in [4.78, 5) is 13.6. The predicted octanol–water partition coefficient (Wildman–Crippen LogP) is 4.29. The molecule has 0 aliphatic rings. The molecular weight excluding hydrogens is 304 g/mol. The van der Waals surface area contributed by atoms with Crippen molar-refractivity contribution < 1.29 is 4.79 Å². The molecule has 0 aliphatic heterocycles. The van der Waals surface area contributed by atoms with Crippen molar-refractivity contribution in [3.63, 3.8) is 0 Å². The smallest absolute Gasteiger partial charge is 0.221 e. The number of hydrogen-bond acceptors (Lipinski definition) is 2. The molecule has 4 heteroatoms. The molecule has 1 unspecified atom stereocenters. The number of rotatable bonds is 5.